The lowest BCUT2D eigenvalue weighted by Crippen LogP contribution is -2.32. The third kappa shape index (κ3) is 2.96. The van der Waals surface area contributed by atoms with Gasteiger partial charge in [-0.25, -0.2) is 4.68 Å². The molecular formula is C13H17N5O3. The minimum absolute atomic E-state index is 0.0620. The lowest BCUT2D eigenvalue weighted by atomic mass is 10.1. The molecule has 1 saturated heterocycles. The van der Waals surface area contributed by atoms with Gasteiger partial charge < -0.3 is 19.9 Å². The average Bonchev–Trinajstić information content (AvgIpc) is 2.96. The molecule has 2 heterocycles. The van der Waals surface area contributed by atoms with E-state index in [1.807, 2.05) is 0 Å². The highest BCUT2D eigenvalue weighted by atomic mass is 16.6. The molecule has 3 rings (SSSR count). The van der Waals surface area contributed by atoms with Crippen LogP contribution in [0.5, 0.6) is 5.75 Å². The molecule has 112 valence electrons. The van der Waals surface area contributed by atoms with Crippen LogP contribution in [0.4, 0.5) is 5.69 Å². The summed E-state index contributed by atoms with van der Waals surface area (Å²) in [5.74, 6) is 1.26. The van der Waals surface area contributed by atoms with E-state index in [4.69, 9.17) is 19.9 Å². The van der Waals surface area contributed by atoms with Crippen LogP contribution in [0, 0.1) is 0 Å². The Kier molecular flexibility index (Phi) is 3.98. The third-order valence-corrected chi connectivity index (χ3v) is 3.26. The van der Waals surface area contributed by atoms with Crippen molar-refractivity contribution in [3.05, 3.63) is 18.2 Å². The van der Waals surface area contributed by atoms with Crippen LogP contribution in [0.15, 0.2) is 18.2 Å². The van der Waals surface area contributed by atoms with Crippen molar-refractivity contribution < 1.29 is 14.2 Å². The second-order valence-electron chi connectivity index (χ2n) is 4.71. The molecule has 0 saturated carbocycles. The van der Waals surface area contributed by atoms with E-state index in [9.17, 15) is 0 Å². The lowest BCUT2D eigenvalue weighted by Gasteiger charge is -2.23. The van der Waals surface area contributed by atoms with E-state index >= 15 is 0 Å². The van der Waals surface area contributed by atoms with Crippen molar-refractivity contribution in [2.45, 2.75) is 12.6 Å². The van der Waals surface area contributed by atoms with E-state index in [0.717, 1.165) is 5.56 Å². The third-order valence-electron chi connectivity index (χ3n) is 3.26. The van der Waals surface area contributed by atoms with Crippen LogP contribution in [0.2, 0.25) is 0 Å². The minimum Gasteiger partial charge on any atom is -0.496 e. The molecule has 1 unspecified atom stereocenters. The molecule has 0 radical (unpaired) electrons. The Morgan fingerprint density at radius 2 is 2.33 bits per heavy atom. The smallest absolute Gasteiger partial charge is 0.185 e. The van der Waals surface area contributed by atoms with E-state index in [1.54, 1.807) is 30.0 Å². The maximum absolute atomic E-state index is 5.84. The molecular weight excluding hydrogens is 274 g/mol. The first kappa shape index (κ1) is 13.8. The standard InChI is InChI=1S/C13H17N5O3/c1-19-12-3-2-9(14)6-11(12)13-15-16-17-18(13)7-10-8-20-4-5-21-10/h2-3,6,10H,4-5,7-8,14H2,1H3. The van der Waals surface area contributed by atoms with E-state index in [-0.39, 0.29) is 6.10 Å². The van der Waals surface area contributed by atoms with Crippen LogP contribution in [-0.2, 0) is 16.0 Å². The van der Waals surface area contributed by atoms with Crippen LogP contribution < -0.4 is 10.5 Å². The molecule has 8 nitrogen and oxygen atoms in total. The number of methoxy groups -OCH3 is 1. The second-order valence-corrected chi connectivity index (χ2v) is 4.71. The van der Waals surface area contributed by atoms with Gasteiger partial charge in [-0.2, -0.15) is 0 Å². The van der Waals surface area contributed by atoms with Gasteiger partial charge in [0, 0.05) is 5.69 Å². The fourth-order valence-electron chi connectivity index (χ4n) is 2.26. The van der Waals surface area contributed by atoms with Crippen molar-refractivity contribution in [2.75, 3.05) is 32.7 Å². The summed E-state index contributed by atoms with van der Waals surface area (Å²) in [7, 11) is 1.60. The summed E-state index contributed by atoms with van der Waals surface area (Å²) in [4.78, 5) is 0. The number of rotatable bonds is 4. The van der Waals surface area contributed by atoms with Crippen LogP contribution in [0.25, 0.3) is 11.4 Å². The van der Waals surface area contributed by atoms with Crippen LogP contribution >= 0.6 is 0 Å². The highest BCUT2D eigenvalue weighted by molar-refractivity contribution is 5.68. The monoisotopic (exact) mass is 291 g/mol. The van der Waals surface area contributed by atoms with Crippen LogP contribution in [-0.4, -0.2) is 53.2 Å². The number of anilines is 1. The number of hydrogen-bond donors (Lipinski definition) is 1. The van der Waals surface area contributed by atoms with Gasteiger partial charge in [-0.15, -0.1) is 5.10 Å². The molecule has 0 amide bonds. The quantitative estimate of drug-likeness (QED) is 0.811. The normalized spacial score (nSPS) is 18.6. The predicted molar refractivity (Wildman–Crippen MR) is 74.8 cm³/mol. The minimum atomic E-state index is -0.0620. The van der Waals surface area contributed by atoms with Crippen molar-refractivity contribution in [2.24, 2.45) is 0 Å². The van der Waals surface area contributed by atoms with Crippen molar-refractivity contribution in [3.8, 4) is 17.1 Å². The topological polar surface area (TPSA) is 97.3 Å². The number of ether oxygens (including phenoxy) is 3. The first-order chi connectivity index (χ1) is 10.3. The van der Waals surface area contributed by atoms with Crippen molar-refractivity contribution in [1.82, 2.24) is 20.2 Å². The number of hydrogen-bond acceptors (Lipinski definition) is 7. The van der Waals surface area contributed by atoms with E-state index in [1.165, 1.54) is 0 Å². The first-order valence-corrected chi connectivity index (χ1v) is 6.67. The molecule has 1 aromatic carbocycles. The van der Waals surface area contributed by atoms with Gasteiger partial charge in [0.05, 0.1) is 39.0 Å². The SMILES string of the molecule is COc1ccc(N)cc1-c1nnnn1CC1COCCO1. The number of tetrazole rings is 1. The van der Waals surface area contributed by atoms with Gasteiger partial charge >= 0.3 is 0 Å². The summed E-state index contributed by atoms with van der Waals surface area (Å²) < 4.78 is 18.0. The Hall–Kier alpha value is -2.19. The number of benzene rings is 1. The number of nitrogens with two attached hydrogens (primary N) is 1. The van der Waals surface area contributed by atoms with Gasteiger partial charge in [-0.05, 0) is 28.6 Å². The van der Waals surface area contributed by atoms with Gasteiger partial charge in [-0.3, -0.25) is 0 Å². The van der Waals surface area contributed by atoms with E-state index < -0.39 is 0 Å². The molecule has 0 spiro atoms. The fourth-order valence-corrected chi connectivity index (χ4v) is 2.26. The lowest BCUT2D eigenvalue weighted by molar-refractivity contribution is -0.0946. The Bertz CT molecular complexity index is 610. The molecule has 1 aliphatic rings. The number of nitrogen functional groups attached to an aromatic ring is 1. The number of aromatic nitrogens is 4. The van der Waals surface area contributed by atoms with Crippen molar-refractivity contribution in [1.29, 1.82) is 0 Å². The zero-order chi connectivity index (χ0) is 14.7. The predicted octanol–water partition coefficient (Wildman–Crippen LogP) is 0.346. The highest BCUT2D eigenvalue weighted by Gasteiger charge is 2.20. The molecule has 0 aliphatic carbocycles. The molecule has 1 aromatic heterocycles. The van der Waals surface area contributed by atoms with Gasteiger partial charge in [0.25, 0.3) is 0 Å². The summed E-state index contributed by atoms with van der Waals surface area (Å²) in [6.45, 7) is 2.26. The largest absolute Gasteiger partial charge is 0.496 e. The Balaban J connectivity index is 1.89. The summed E-state index contributed by atoms with van der Waals surface area (Å²) in [5.41, 5.74) is 7.22. The zero-order valence-corrected chi connectivity index (χ0v) is 11.7. The molecule has 0 bridgehead atoms. The molecule has 8 heteroatoms. The Morgan fingerprint density at radius 3 is 3.10 bits per heavy atom. The van der Waals surface area contributed by atoms with Crippen molar-refractivity contribution in [3.63, 3.8) is 0 Å². The second kappa shape index (κ2) is 6.06. The van der Waals surface area contributed by atoms with E-state index in [0.29, 0.717) is 43.6 Å². The van der Waals surface area contributed by atoms with Crippen LogP contribution in [0.1, 0.15) is 0 Å². The van der Waals surface area contributed by atoms with Crippen LogP contribution in [0.3, 0.4) is 0 Å². The molecule has 1 aliphatic heterocycles. The summed E-state index contributed by atoms with van der Waals surface area (Å²) in [5, 5.41) is 11.8. The molecule has 21 heavy (non-hydrogen) atoms. The molecule has 2 aromatic rings. The van der Waals surface area contributed by atoms with Gasteiger partial charge in [0.15, 0.2) is 5.82 Å². The Morgan fingerprint density at radius 1 is 1.43 bits per heavy atom. The maximum Gasteiger partial charge on any atom is 0.185 e. The zero-order valence-electron chi connectivity index (χ0n) is 11.7. The van der Waals surface area contributed by atoms with Gasteiger partial charge in [0.1, 0.15) is 11.9 Å². The maximum atomic E-state index is 5.84. The highest BCUT2D eigenvalue weighted by Crippen LogP contribution is 2.30. The Labute approximate surface area is 121 Å². The average molecular weight is 291 g/mol. The summed E-state index contributed by atoms with van der Waals surface area (Å²) >= 11 is 0. The molecule has 2 N–H and O–H groups in total. The summed E-state index contributed by atoms with van der Waals surface area (Å²) in [6, 6.07) is 5.36. The fraction of sp³-hybridized carbons (Fsp3) is 0.462. The van der Waals surface area contributed by atoms with Gasteiger partial charge in [-0.1, -0.05) is 0 Å². The first-order valence-electron chi connectivity index (χ1n) is 6.67. The van der Waals surface area contributed by atoms with E-state index in [2.05, 4.69) is 15.5 Å². The number of nitrogens with zero attached hydrogens (tertiary/aromatic N) is 4. The molecule has 1 fully saturated rings. The van der Waals surface area contributed by atoms with Gasteiger partial charge in [0.2, 0.25) is 0 Å². The van der Waals surface area contributed by atoms with Crippen molar-refractivity contribution >= 4 is 5.69 Å². The summed E-state index contributed by atoms with van der Waals surface area (Å²) in [6.07, 6.45) is -0.0620. The molecule has 1 atom stereocenters.